The molecule has 0 amide bonds. The van der Waals surface area contributed by atoms with E-state index in [-0.39, 0.29) is 5.56 Å². The molecule has 3 nitrogen and oxygen atoms in total. The first-order valence-electron chi connectivity index (χ1n) is 6.03. The molecule has 0 fully saturated rings. The van der Waals surface area contributed by atoms with Crippen molar-refractivity contribution in [1.29, 1.82) is 0 Å². The third-order valence-electron chi connectivity index (χ3n) is 3.28. The van der Waals surface area contributed by atoms with Gasteiger partial charge in [-0.3, -0.25) is 4.79 Å². The molecule has 0 saturated carbocycles. The number of halogens is 1. The molecule has 5 heteroatoms. The van der Waals surface area contributed by atoms with Gasteiger partial charge in [0.1, 0.15) is 0 Å². The Morgan fingerprint density at radius 1 is 1.39 bits per heavy atom. The third-order valence-corrected chi connectivity index (χ3v) is 5.43. The van der Waals surface area contributed by atoms with Crippen molar-refractivity contribution >= 4 is 27.3 Å². The highest BCUT2D eigenvalue weighted by Gasteiger charge is 2.17. The summed E-state index contributed by atoms with van der Waals surface area (Å²) in [7, 11) is 0. The molecule has 2 heterocycles. The van der Waals surface area contributed by atoms with Gasteiger partial charge in [0.15, 0.2) is 5.82 Å². The number of aromatic amines is 1. The molecular weight excluding hydrogens is 312 g/mol. The minimum atomic E-state index is 0.0388. The fourth-order valence-electron chi connectivity index (χ4n) is 2.30. The Kier molecular flexibility index (Phi) is 3.11. The van der Waals surface area contributed by atoms with Crippen LogP contribution in [0.15, 0.2) is 15.3 Å². The summed E-state index contributed by atoms with van der Waals surface area (Å²) >= 11 is 5.14. The molecule has 1 aliphatic carbocycles. The molecule has 0 aromatic carbocycles. The van der Waals surface area contributed by atoms with Gasteiger partial charge in [0.05, 0.1) is 10.6 Å². The standard InChI is InChI=1S/C13H13BrN2OS/c1-7-9(14)6-11(18-7)12-15-10-5-3-2-4-8(10)13(17)16-12/h6H,2-5H2,1H3,(H,15,16,17). The van der Waals surface area contributed by atoms with E-state index in [9.17, 15) is 4.79 Å². The van der Waals surface area contributed by atoms with E-state index in [1.54, 1.807) is 11.3 Å². The first kappa shape index (κ1) is 12.1. The number of nitrogens with one attached hydrogen (secondary N) is 1. The number of aryl methyl sites for hydroxylation is 2. The number of nitrogens with zero attached hydrogens (tertiary/aromatic N) is 1. The van der Waals surface area contributed by atoms with Gasteiger partial charge in [0.25, 0.3) is 5.56 Å². The number of hydrogen-bond acceptors (Lipinski definition) is 3. The second-order valence-electron chi connectivity index (χ2n) is 4.56. The van der Waals surface area contributed by atoms with Crippen molar-refractivity contribution in [3.05, 3.63) is 37.0 Å². The van der Waals surface area contributed by atoms with E-state index in [1.807, 2.05) is 6.07 Å². The van der Waals surface area contributed by atoms with E-state index in [0.29, 0.717) is 5.82 Å². The number of hydrogen-bond donors (Lipinski definition) is 1. The van der Waals surface area contributed by atoms with E-state index >= 15 is 0 Å². The van der Waals surface area contributed by atoms with E-state index in [2.05, 4.69) is 32.8 Å². The minimum absolute atomic E-state index is 0.0388. The molecule has 18 heavy (non-hydrogen) atoms. The van der Waals surface area contributed by atoms with Crippen LogP contribution in [0, 0.1) is 6.92 Å². The number of rotatable bonds is 1. The Hall–Kier alpha value is -0.940. The van der Waals surface area contributed by atoms with Crippen LogP contribution in [0.3, 0.4) is 0 Å². The molecule has 0 saturated heterocycles. The first-order chi connectivity index (χ1) is 8.65. The number of thiophene rings is 1. The second kappa shape index (κ2) is 4.63. The van der Waals surface area contributed by atoms with Gasteiger partial charge in [-0.25, -0.2) is 4.98 Å². The van der Waals surface area contributed by atoms with Crippen molar-refractivity contribution in [3.63, 3.8) is 0 Å². The highest BCUT2D eigenvalue weighted by atomic mass is 79.9. The molecule has 0 unspecified atom stereocenters. The zero-order valence-corrected chi connectivity index (χ0v) is 12.4. The summed E-state index contributed by atoms with van der Waals surface area (Å²) in [4.78, 5) is 21.8. The fraction of sp³-hybridized carbons (Fsp3) is 0.385. The van der Waals surface area contributed by atoms with Crippen LogP contribution in [0.1, 0.15) is 29.0 Å². The number of fused-ring (bicyclic) bond motifs is 1. The topological polar surface area (TPSA) is 45.8 Å². The summed E-state index contributed by atoms with van der Waals surface area (Å²) in [6.45, 7) is 2.05. The normalized spacial score (nSPS) is 14.6. The first-order valence-corrected chi connectivity index (χ1v) is 7.64. The molecule has 2 aromatic heterocycles. The molecule has 0 atom stereocenters. The van der Waals surface area contributed by atoms with Gasteiger partial charge in [0.2, 0.25) is 0 Å². The van der Waals surface area contributed by atoms with Gasteiger partial charge in [-0.1, -0.05) is 0 Å². The maximum Gasteiger partial charge on any atom is 0.254 e. The summed E-state index contributed by atoms with van der Waals surface area (Å²) in [5.74, 6) is 0.708. The Balaban J connectivity index is 2.13. The Morgan fingerprint density at radius 3 is 2.89 bits per heavy atom. The lowest BCUT2D eigenvalue weighted by Crippen LogP contribution is -2.21. The summed E-state index contributed by atoms with van der Waals surface area (Å²) in [5.41, 5.74) is 1.91. The van der Waals surface area contributed by atoms with Crippen molar-refractivity contribution in [1.82, 2.24) is 9.97 Å². The van der Waals surface area contributed by atoms with E-state index in [4.69, 9.17) is 0 Å². The van der Waals surface area contributed by atoms with Crippen LogP contribution < -0.4 is 5.56 Å². The number of aromatic nitrogens is 2. The molecule has 2 aromatic rings. The van der Waals surface area contributed by atoms with E-state index in [0.717, 1.165) is 46.3 Å². The lowest BCUT2D eigenvalue weighted by molar-refractivity contribution is 0.658. The summed E-state index contributed by atoms with van der Waals surface area (Å²) < 4.78 is 1.07. The Morgan fingerprint density at radius 2 is 2.17 bits per heavy atom. The summed E-state index contributed by atoms with van der Waals surface area (Å²) in [6.07, 6.45) is 4.03. The smallest absolute Gasteiger partial charge is 0.254 e. The largest absolute Gasteiger partial charge is 0.306 e. The van der Waals surface area contributed by atoms with Crippen molar-refractivity contribution in [3.8, 4) is 10.7 Å². The van der Waals surface area contributed by atoms with Crippen LogP contribution in [0.5, 0.6) is 0 Å². The lowest BCUT2D eigenvalue weighted by atomic mass is 9.97. The molecular formula is C13H13BrN2OS. The van der Waals surface area contributed by atoms with Gasteiger partial charge in [-0.15, -0.1) is 11.3 Å². The fourth-order valence-corrected chi connectivity index (χ4v) is 3.78. The average Bonchev–Trinajstić information content (AvgIpc) is 2.70. The van der Waals surface area contributed by atoms with Crippen LogP contribution in [-0.2, 0) is 12.8 Å². The van der Waals surface area contributed by atoms with Crippen LogP contribution in [0.4, 0.5) is 0 Å². The average molecular weight is 325 g/mol. The predicted octanol–water partition coefficient (Wildman–Crippen LogP) is 3.45. The second-order valence-corrected chi connectivity index (χ2v) is 6.67. The van der Waals surface area contributed by atoms with Gasteiger partial charge in [-0.2, -0.15) is 0 Å². The summed E-state index contributed by atoms with van der Waals surface area (Å²) in [6, 6.07) is 2.02. The van der Waals surface area contributed by atoms with Crippen molar-refractivity contribution in [2.45, 2.75) is 32.6 Å². The van der Waals surface area contributed by atoms with Gasteiger partial charge in [-0.05, 0) is 54.6 Å². The van der Waals surface area contributed by atoms with Crippen LogP contribution in [-0.4, -0.2) is 9.97 Å². The molecule has 94 valence electrons. The Labute approximate surface area is 117 Å². The molecule has 1 aliphatic rings. The Bertz CT molecular complexity index is 640. The SMILES string of the molecule is Cc1sc(-c2nc3c(c(=O)[nH]2)CCCC3)cc1Br. The molecule has 0 bridgehead atoms. The zero-order chi connectivity index (χ0) is 12.7. The highest BCUT2D eigenvalue weighted by molar-refractivity contribution is 9.10. The lowest BCUT2D eigenvalue weighted by Gasteiger charge is -2.13. The van der Waals surface area contributed by atoms with Crippen molar-refractivity contribution in [2.75, 3.05) is 0 Å². The predicted molar refractivity (Wildman–Crippen MR) is 77.2 cm³/mol. The quantitative estimate of drug-likeness (QED) is 0.873. The molecule has 3 rings (SSSR count). The van der Waals surface area contributed by atoms with Gasteiger partial charge in [0, 0.05) is 14.9 Å². The molecule has 0 spiro atoms. The maximum absolute atomic E-state index is 12.0. The maximum atomic E-state index is 12.0. The van der Waals surface area contributed by atoms with Crippen molar-refractivity contribution < 1.29 is 0 Å². The van der Waals surface area contributed by atoms with Crippen molar-refractivity contribution in [2.24, 2.45) is 0 Å². The highest BCUT2D eigenvalue weighted by Crippen LogP contribution is 2.32. The zero-order valence-electron chi connectivity index (χ0n) is 10.0. The minimum Gasteiger partial charge on any atom is -0.306 e. The molecule has 0 radical (unpaired) electrons. The van der Waals surface area contributed by atoms with Gasteiger partial charge >= 0.3 is 0 Å². The van der Waals surface area contributed by atoms with E-state index < -0.39 is 0 Å². The van der Waals surface area contributed by atoms with Crippen LogP contribution in [0.2, 0.25) is 0 Å². The molecule has 1 N–H and O–H groups in total. The van der Waals surface area contributed by atoms with Crippen LogP contribution >= 0.6 is 27.3 Å². The third kappa shape index (κ3) is 2.06. The van der Waals surface area contributed by atoms with Gasteiger partial charge < -0.3 is 4.98 Å². The number of H-pyrrole nitrogens is 1. The molecule has 0 aliphatic heterocycles. The summed E-state index contributed by atoms with van der Waals surface area (Å²) in [5, 5.41) is 0. The van der Waals surface area contributed by atoms with Crippen LogP contribution in [0.25, 0.3) is 10.7 Å². The van der Waals surface area contributed by atoms with E-state index in [1.165, 1.54) is 4.88 Å². The monoisotopic (exact) mass is 324 g/mol.